The average Bonchev–Trinajstić information content (AvgIpc) is 2.82. The molecular formula is C14H9NO3. The van der Waals surface area contributed by atoms with Crippen molar-refractivity contribution in [3.8, 4) is 11.8 Å². The Morgan fingerprint density at radius 2 is 2.22 bits per heavy atom. The number of benzene rings is 1. The van der Waals surface area contributed by atoms with E-state index in [1.165, 1.54) is 18.4 Å². The summed E-state index contributed by atoms with van der Waals surface area (Å²) in [6.07, 6.45) is 4.09. The van der Waals surface area contributed by atoms with Crippen LogP contribution in [0.3, 0.4) is 0 Å². The fourth-order valence-electron chi connectivity index (χ4n) is 1.45. The van der Waals surface area contributed by atoms with Crippen LogP contribution in [-0.4, -0.2) is 10.9 Å². The van der Waals surface area contributed by atoms with Crippen molar-refractivity contribution in [2.24, 2.45) is 0 Å². The topological polar surface area (TPSA) is 74.2 Å². The summed E-state index contributed by atoms with van der Waals surface area (Å²) >= 11 is 0. The van der Waals surface area contributed by atoms with E-state index in [0.717, 1.165) is 5.56 Å². The summed E-state index contributed by atoms with van der Waals surface area (Å²) < 4.78 is 4.86. The van der Waals surface area contributed by atoms with E-state index in [1.807, 2.05) is 6.07 Å². The highest BCUT2D eigenvalue weighted by molar-refractivity contribution is 6.06. The lowest BCUT2D eigenvalue weighted by Crippen LogP contribution is -1.91. The molecule has 0 aliphatic rings. The van der Waals surface area contributed by atoms with Gasteiger partial charge in [0.1, 0.15) is 0 Å². The lowest BCUT2D eigenvalue weighted by molar-refractivity contribution is 0.101. The van der Waals surface area contributed by atoms with E-state index in [0.29, 0.717) is 5.56 Å². The molecule has 0 aliphatic heterocycles. The van der Waals surface area contributed by atoms with Crippen LogP contribution >= 0.6 is 0 Å². The van der Waals surface area contributed by atoms with Crippen molar-refractivity contribution in [2.45, 2.75) is 0 Å². The van der Waals surface area contributed by atoms with E-state index >= 15 is 0 Å². The molecule has 88 valence electrons. The van der Waals surface area contributed by atoms with Crippen molar-refractivity contribution in [3.63, 3.8) is 0 Å². The molecule has 4 heteroatoms. The lowest BCUT2D eigenvalue weighted by Gasteiger charge is -1.94. The molecule has 0 bridgehead atoms. The van der Waals surface area contributed by atoms with Crippen molar-refractivity contribution < 1.29 is 14.3 Å². The number of carbonyl (C=O) groups is 1. The normalized spacial score (nSPS) is 10.4. The molecule has 0 atom stereocenters. The number of allylic oxidation sites excluding steroid dienone is 1. The van der Waals surface area contributed by atoms with Gasteiger partial charge in [0.2, 0.25) is 11.5 Å². The molecule has 18 heavy (non-hydrogen) atoms. The molecule has 0 spiro atoms. The first-order valence-electron chi connectivity index (χ1n) is 5.20. The van der Waals surface area contributed by atoms with E-state index in [-0.39, 0.29) is 11.5 Å². The van der Waals surface area contributed by atoms with Gasteiger partial charge in [-0.3, -0.25) is 4.79 Å². The van der Waals surface area contributed by atoms with Crippen LogP contribution in [0.1, 0.15) is 21.7 Å². The molecule has 1 aromatic carbocycles. The molecule has 2 aromatic rings. The minimum absolute atomic E-state index is 0.0947. The molecule has 0 unspecified atom stereocenters. The third-order valence-electron chi connectivity index (χ3n) is 2.31. The van der Waals surface area contributed by atoms with E-state index in [4.69, 9.17) is 9.68 Å². The number of ketones is 1. The minimum Gasteiger partial charge on any atom is -0.504 e. The number of carbonyl (C=O) groups excluding carboxylic acids is 1. The maximum Gasteiger partial charge on any atom is 0.224 e. The Kier molecular flexibility index (Phi) is 3.26. The highest BCUT2D eigenvalue weighted by Crippen LogP contribution is 2.18. The summed E-state index contributed by atoms with van der Waals surface area (Å²) in [4.78, 5) is 11.6. The molecule has 1 aromatic heterocycles. The van der Waals surface area contributed by atoms with Crippen LogP contribution in [0.15, 0.2) is 47.1 Å². The molecule has 1 heterocycles. The van der Waals surface area contributed by atoms with Crippen LogP contribution in [-0.2, 0) is 0 Å². The standard InChI is InChI=1S/C14H9NO3/c15-9-11-3-1-2-10(8-11)4-5-12(16)14-13(17)6-7-18-14/h1-8,17H/b5-4-. The molecule has 4 nitrogen and oxygen atoms in total. The van der Waals surface area contributed by atoms with Crippen LogP contribution in [0.2, 0.25) is 0 Å². The Hall–Kier alpha value is -2.80. The smallest absolute Gasteiger partial charge is 0.224 e. The third-order valence-corrected chi connectivity index (χ3v) is 2.31. The SMILES string of the molecule is N#Cc1cccc(/C=C\C(=O)c2occc2O)c1. The number of rotatable bonds is 3. The molecule has 0 amide bonds. The molecule has 0 fully saturated rings. The summed E-state index contributed by atoms with van der Waals surface area (Å²) in [5, 5.41) is 18.0. The first-order valence-corrected chi connectivity index (χ1v) is 5.20. The van der Waals surface area contributed by atoms with Crippen molar-refractivity contribution >= 4 is 11.9 Å². The largest absolute Gasteiger partial charge is 0.504 e. The second-order valence-electron chi connectivity index (χ2n) is 3.57. The van der Waals surface area contributed by atoms with Gasteiger partial charge in [0.05, 0.1) is 17.9 Å². The zero-order valence-electron chi connectivity index (χ0n) is 9.33. The summed E-state index contributed by atoms with van der Waals surface area (Å²) in [5.41, 5.74) is 1.25. The fourth-order valence-corrected chi connectivity index (χ4v) is 1.45. The van der Waals surface area contributed by atoms with Crippen LogP contribution < -0.4 is 0 Å². The summed E-state index contributed by atoms with van der Waals surface area (Å²) in [5.74, 6) is -0.710. The maximum absolute atomic E-state index is 11.6. The number of furan rings is 1. The molecule has 2 rings (SSSR count). The van der Waals surface area contributed by atoms with E-state index < -0.39 is 5.78 Å². The number of hydrogen-bond donors (Lipinski definition) is 1. The van der Waals surface area contributed by atoms with Gasteiger partial charge in [-0.15, -0.1) is 0 Å². The maximum atomic E-state index is 11.6. The predicted molar refractivity (Wildman–Crippen MR) is 64.9 cm³/mol. The number of aromatic hydroxyl groups is 1. The van der Waals surface area contributed by atoms with Crippen molar-refractivity contribution in [1.82, 2.24) is 0 Å². The van der Waals surface area contributed by atoms with Crippen LogP contribution in [0.5, 0.6) is 5.75 Å². The Morgan fingerprint density at radius 1 is 1.39 bits per heavy atom. The van der Waals surface area contributed by atoms with Gasteiger partial charge in [-0.1, -0.05) is 18.2 Å². The van der Waals surface area contributed by atoms with Gasteiger partial charge < -0.3 is 9.52 Å². The predicted octanol–water partition coefficient (Wildman–Crippen LogP) is 2.75. The Bertz CT molecular complexity index is 647. The Balaban J connectivity index is 2.19. The molecule has 0 aliphatic carbocycles. The number of hydrogen-bond acceptors (Lipinski definition) is 4. The lowest BCUT2D eigenvalue weighted by atomic mass is 10.1. The highest BCUT2D eigenvalue weighted by atomic mass is 16.4. The summed E-state index contributed by atoms with van der Waals surface area (Å²) in [6.45, 7) is 0. The van der Waals surface area contributed by atoms with Gasteiger partial charge in [0.25, 0.3) is 0 Å². The van der Waals surface area contributed by atoms with Gasteiger partial charge in [0, 0.05) is 6.07 Å². The van der Waals surface area contributed by atoms with Gasteiger partial charge in [-0.25, -0.2) is 0 Å². The zero-order valence-corrected chi connectivity index (χ0v) is 9.33. The van der Waals surface area contributed by atoms with Gasteiger partial charge in [-0.05, 0) is 23.8 Å². The number of nitriles is 1. The molecule has 0 saturated heterocycles. The monoisotopic (exact) mass is 239 g/mol. The van der Waals surface area contributed by atoms with E-state index in [9.17, 15) is 9.90 Å². The Labute approximate surface area is 103 Å². The third kappa shape index (κ3) is 2.47. The van der Waals surface area contributed by atoms with Crippen LogP contribution in [0, 0.1) is 11.3 Å². The second-order valence-corrected chi connectivity index (χ2v) is 3.57. The first-order chi connectivity index (χ1) is 8.70. The second kappa shape index (κ2) is 5.02. The van der Waals surface area contributed by atoms with Crippen molar-refractivity contribution in [2.75, 3.05) is 0 Å². The number of nitrogens with zero attached hydrogens (tertiary/aromatic N) is 1. The quantitative estimate of drug-likeness (QED) is 0.660. The van der Waals surface area contributed by atoms with Crippen molar-refractivity contribution in [1.29, 1.82) is 5.26 Å². The highest BCUT2D eigenvalue weighted by Gasteiger charge is 2.11. The van der Waals surface area contributed by atoms with E-state index in [1.54, 1.807) is 30.3 Å². The molecule has 0 saturated carbocycles. The van der Waals surface area contributed by atoms with Gasteiger partial charge in [-0.2, -0.15) is 5.26 Å². The minimum atomic E-state index is -0.431. The van der Waals surface area contributed by atoms with Crippen molar-refractivity contribution in [3.05, 3.63) is 59.6 Å². The van der Waals surface area contributed by atoms with Gasteiger partial charge >= 0.3 is 0 Å². The van der Waals surface area contributed by atoms with Crippen LogP contribution in [0.4, 0.5) is 0 Å². The summed E-state index contributed by atoms with van der Waals surface area (Å²) in [7, 11) is 0. The fraction of sp³-hybridized carbons (Fsp3) is 0. The summed E-state index contributed by atoms with van der Waals surface area (Å²) in [6, 6.07) is 10.2. The molecular weight excluding hydrogens is 230 g/mol. The molecule has 0 radical (unpaired) electrons. The first kappa shape index (κ1) is 11.7. The van der Waals surface area contributed by atoms with Gasteiger partial charge in [0.15, 0.2) is 5.75 Å². The molecule has 1 N–H and O–H groups in total. The Morgan fingerprint density at radius 3 is 2.89 bits per heavy atom. The average molecular weight is 239 g/mol. The van der Waals surface area contributed by atoms with Crippen LogP contribution in [0.25, 0.3) is 6.08 Å². The van der Waals surface area contributed by atoms with E-state index in [2.05, 4.69) is 0 Å². The zero-order chi connectivity index (χ0) is 13.0.